The molecule has 7 heteroatoms. The molecule has 1 rings (SSSR count). The van der Waals surface area contributed by atoms with Crippen molar-refractivity contribution in [2.45, 2.75) is 38.6 Å². The van der Waals surface area contributed by atoms with Gasteiger partial charge in [0, 0.05) is 19.1 Å². The van der Waals surface area contributed by atoms with Crippen molar-refractivity contribution in [3.05, 3.63) is 11.5 Å². The van der Waals surface area contributed by atoms with Crippen LogP contribution in [0.3, 0.4) is 0 Å². The molecule has 0 amide bonds. The Bertz CT molecular complexity index is 459. The molecule has 0 aromatic carbocycles. The Balaban J connectivity index is 3.26. The number of rotatable bonds is 5. The second-order valence-electron chi connectivity index (χ2n) is 4.15. The second-order valence-corrected chi connectivity index (χ2v) is 5.98. The highest BCUT2D eigenvalue weighted by Crippen LogP contribution is 2.24. The van der Waals surface area contributed by atoms with Gasteiger partial charge in [0.05, 0.1) is 0 Å². The second kappa shape index (κ2) is 5.16. The summed E-state index contributed by atoms with van der Waals surface area (Å²) < 4.78 is 31.1. The predicted octanol–water partition coefficient (Wildman–Crippen LogP) is 0.649. The van der Waals surface area contributed by atoms with Gasteiger partial charge in [-0.3, -0.25) is 0 Å². The van der Waals surface area contributed by atoms with Crippen LogP contribution in [0, 0.1) is 13.8 Å². The first-order chi connectivity index (χ1) is 7.82. The minimum atomic E-state index is -3.58. The molecule has 0 unspecified atom stereocenters. The SMILES string of the molecule is Cc1noc(C)c1S(=O)(=O)N(CCN)C(C)C. The minimum absolute atomic E-state index is 0.152. The summed E-state index contributed by atoms with van der Waals surface area (Å²) in [5.41, 5.74) is 5.83. The van der Waals surface area contributed by atoms with E-state index >= 15 is 0 Å². The van der Waals surface area contributed by atoms with Crippen LogP contribution < -0.4 is 5.73 Å². The fraction of sp³-hybridized carbons (Fsp3) is 0.700. The average molecular weight is 261 g/mol. The van der Waals surface area contributed by atoms with Crippen molar-refractivity contribution in [2.75, 3.05) is 13.1 Å². The van der Waals surface area contributed by atoms with E-state index in [4.69, 9.17) is 10.3 Å². The van der Waals surface area contributed by atoms with Crippen LogP contribution in [0.5, 0.6) is 0 Å². The summed E-state index contributed by atoms with van der Waals surface area (Å²) in [4.78, 5) is 0.152. The molecular weight excluding hydrogens is 242 g/mol. The van der Waals surface area contributed by atoms with Crippen LogP contribution >= 0.6 is 0 Å². The lowest BCUT2D eigenvalue weighted by Crippen LogP contribution is -2.40. The molecule has 0 fully saturated rings. The molecule has 0 aliphatic carbocycles. The molecule has 0 aliphatic heterocycles. The third kappa shape index (κ3) is 2.67. The van der Waals surface area contributed by atoms with E-state index in [9.17, 15) is 8.42 Å². The maximum atomic E-state index is 12.4. The number of sulfonamides is 1. The molecule has 0 bridgehead atoms. The van der Waals surface area contributed by atoms with Crippen LogP contribution in [-0.2, 0) is 10.0 Å². The molecule has 2 N–H and O–H groups in total. The van der Waals surface area contributed by atoms with E-state index in [0.29, 0.717) is 11.5 Å². The highest BCUT2D eigenvalue weighted by atomic mass is 32.2. The summed E-state index contributed by atoms with van der Waals surface area (Å²) in [7, 11) is -3.58. The monoisotopic (exact) mass is 261 g/mol. The van der Waals surface area contributed by atoms with Crippen molar-refractivity contribution in [2.24, 2.45) is 5.73 Å². The maximum Gasteiger partial charge on any atom is 0.248 e. The summed E-state index contributed by atoms with van der Waals surface area (Å²) in [6.07, 6.45) is 0. The quantitative estimate of drug-likeness (QED) is 0.840. The number of nitrogens with zero attached hydrogens (tertiary/aromatic N) is 2. The first-order valence-corrected chi connectivity index (χ1v) is 6.91. The zero-order valence-electron chi connectivity index (χ0n) is 10.6. The molecule has 0 saturated heterocycles. The van der Waals surface area contributed by atoms with Gasteiger partial charge >= 0.3 is 0 Å². The molecule has 0 atom stereocenters. The molecule has 1 aromatic heterocycles. The Morgan fingerprint density at radius 2 is 2.00 bits per heavy atom. The molecule has 0 saturated carbocycles. The Labute approximate surface area is 102 Å². The Morgan fingerprint density at radius 3 is 2.35 bits per heavy atom. The molecule has 0 radical (unpaired) electrons. The third-order valence-corrected chi connectivity index (χ3v) is 4.78. The van der Waals surface area contributed by atoms with E-state index in [1.54, 1.807) is 13.8 Å². The molecule has 0 spiro atoms. The highest BCUT2D eigenvalue weighted by Gasteiger charge is 2.32. The largest absolute Gasteiger partial charge is 0.360 e. The van der Waals surface area contributed by atoms with Gasteiger partial charge in [-0.15, -0.1) is 0 Å². The van der Waals surface area contributed by atoms with Crippen molar-refractivity contribution in [1.29, 1.82) is 0 Å². The molecule has 6 nitrogen and oxygen atoms in total. The summed E-state index contributed by atoms with van der Waals surface area (Å²) in [5.74, 6) is 0.310. The first kappa shape index (κ1) is 14.1. The van der Waals surface area contributed by atoms with E-state index in [-0.39, 0.29) is 24.0 Å². The smallest absolute Gasteiger partial charge is 0.248 e. The molecule has 17 heavy (non-hydrogen) atoms. The molecule has 1 heterocycles. The highest BCUT2D eigenvalue weighted by molar-refractivity contribution is 7.89. The maximum absolute atomic E-state index is 12.4. The normalized spacial score (nSPS) is 12.6. The summed E-state index contributed by atoms with van der Waals surface area (Å²) in [6, 6.07) is -0.155. The number of hydrogen-bond acceptors (Lipinski definition) is 5. The third-order valence-electron chi connectivity index (χ3n) is 2.46. The standard InChI is InChI=1S/C10H19N3O3S/c1-7(2)13(6-5-11)17(14,15)10-8(3)12-16-9(10)4/h7H,5-6,11H2,1-4H3. The summed E-state index contributed by atoms with van der Waals surface area (Å²) in [5, 5.41) is 3.67. The van der Waals surface area contributed by atoms with E-state index in [1.165, 1.54) is 4.31 Å². The van der Waals surface area contributed by atoms with Gasteiger partial charge in [-0.25, -0.2) is 8.42 Å². The van der Waals surface area contributed by atoms with Gasteiger partial charge < -0.3 is 10.3 Å². The zero-order valence-corrected chi connectivity index (χ0v) is 11.4. The fourth-order valence-corrected chi connectivity index (χ4v) is 3.69. The lowest BCUT2D eigenvalue weighted by molar-refractivity contribution is 0.358. The Hall–Kier alpha value is -0.920. The van der Waals surface area contributed by atoms with Gasteiger partial charge in [0.25, 0.3) is 0 Å². The van der Waals surface area contributed by atoms with Gasteiger partial charge in [-0.2, -0.15) is 4.31 Å². The zero-order chi connectivity index (χ0) is 13.2. The van der Waals surface area contributed by atoms with Gasteiger partial charge in [0.15, 0.2) is 5.76 Å². The van der Waals surface area contributed by atoms with Gasteiger partial charge in [-0.05, 0) is 27.7 Å². The molecular formula is C10H19N3O3S. The van der Waals surface area contributed by atoms with Crippen molar-refractivity contribution >= 4 is 10.0 Å². The summed E-state index contributed by atoms with van der Waals surface area (Å²) >= 11 is 0. The summed E-state index contributed by atoms with van der Waals surface area (Å²) in [6.45, 7) is 7.39. The van der Waals surface area contributed by atoms with E-state index in [0.717, 1.165) is 0 Å². The Kier molecular flexibility index (Phi) is 4.29. The van der Waals surface area contributed by atoms with E-state index in [2.05, 4.69) is 5.16 Å². The van der Waals surface area contributed by atoms with Crippen LogP contribution in [0.4, 0.5) is 0 Å². The minimum Gasteiger partial charge on any atom is -0.360 e. The van der Waals surface area contributed by atoms with Crippen molar-refractivity contribution in [1.82, 2.24) is 9.46 Å². The Morgan fingerprint density at radius 1 is 1.41 bits per heavy atom. The average Bonchev–Trinajstić information content (AvgIpc) is 2.54. The lowest BCUT2D eigenvalue weighted by atomic mass is 10.4. The van der Waals surface area contributed by atoms with Crippen LogP contribution in [-0.4, -0.2) is 37.0 Å². The van der Waals surface area contributed by atoms with Gasteiger partial charge in [-0.1, -0.05) is 5.16 Å². The molecule has 0 aliphatic rings. The van der Waals surface area contributed by atoms with Gasteiger partial charge in [0.2, 0.25) is 10.0 Å². The van der Waals surface area contributed by atoms with Crippen LogP contribution in [0.25, 0.3) is 0 Å². The van der Waals surface area contributed by atoms with Crippen LogP contribution in [0.2, 0.25) is 0 Å². The lowest BCUT2D eigenvalue weighted by Gasteiger charge is -2.24. The van der Waals surface area contributed by atoms with E-state index in [1.807, 2.05) is 13.8 Å². The van der Waals surface area contributed by atoms with Crippen LogP contribution in [0.1, 0.15) is 25.3 Å². The predicted molar refractivity (Wildman–Crippen MR) is 64.1 cm³/mol. The number of aryl methyl sites for hydroxylation is 2. The molecule has 98 valence electrons. The van der Waals surface area contributed by atoms with Crippen molar-refractivity contribution in [3.63, 3.8) is 0 Å². The number of aromatic nitrogens is 1. The fourth-order valence-electron chi connectivity index (χ4n) is 1.74. The van der Waals surface area contributed by atoms with E-state index < -0.39 is 10.0 Å². The van der Waals surface area contributed by atoms with Gasteiger partial charge in [0.1, 0.15) is 10.6 Å². The topological polar surface area (TPSA) is 89.4 Å². The number of nitrogens with two attached hydrogens (primary N) is 1. The van der Waals surface area contributed by atoms with Crippen LogP contribution in [0.15, 0.2) is 9.42 Å². The molecule has 1 aromatic rings. The van der Waals surface area contributed by atoms with Crippen molar-refractivity contribution in [3.8, 4) is 0 Å². The van der Waals surface area contributed by atoms with Crippen molar-refractivity contribution < 1.29 is 12.9 Å². The number of hydrogen-bond donors (Lipinski definition) is 1. The first-order valence-electron chi connectivity index (χ1n) is 5.47.